The van der Waals surface area contributed by atoms with Gasteiger partial charge in [0.2, 0.25) is 0 Å². The lowest BCUT2D eigenvalue weighted by atomic mass is 10.2. The van der Waals surface area contributed by atoms with Crippen LogP contribution in [0.15, 0.2) is 18.2 Å². The van der Waals surface area contributed by atoms with Gasteiger partial charge in [-0.1, -0.05) is 0 Å². The molecular weight excluding hydrogens is 391 g/mol. The minimum absolute atomic E-state index is 0.0165. The van der Waals surface area contributed by atoms with E-state index in [4.69, 9.17) is 4.74 Å². The standard InChI is InChI=1S/C13H17IN2O5/c1-20-8-7-15(6-5-13(17)21-2)11-4-3-10(14)9-12(11)16(18)19/h3-4,9H,5-8H2,1-2H3. The van der Waals surface area contributed by atoms with Crippen LogP contribution in [0.5, 0.6) is 0 Å². The van der Waals surface area contributed by atoms with Crippen LogP contribution in [-0.4, -0.2) is 44.8 Å². The van der Waals surface area contributed by atoms with Crippen molar-refractivity contribution in [3.63, 3.8) is 0 Å². The summed E-state index contributed by atoms with van der Waals surface area (Å²) >= 11 is 2.02. The fraction of sp³-hybridized carbons (Fsp3) is 0.462. The van der Waals surface area contributed by atoms with E-state index in [0.29, 0.717) is 25.4 Å². The highest BCUT2D eigenvalue weighted by molar-refractivity contribution is 14.1. The van der Waals surface area contributed by atoms with Gasteiger partial charge in [-0.25, -0.2) is 0 Å². The zero-order chi connectivity index (χ0) is 15.8. The molecule has 0 bridgehead atoms. The smallest absolute Gasteiger partial charge is 0.307 e. The van der Waals surface area contributed by atoms with Crippen molar-refractivity contribution in [2.24, 2.45) is 0 Å². The van der Waals surface area contributed by atoms with Crippen LogP contribution in [0.25, 0.3) is 0 Å². The van der Waals surface area contributed by atoms with E-state index in [9.17, 15) is 14.9 Å². The maximum atomic E-state index is 11.3. The molecule has 0 heterocycles. The third-order valence-corrected chi connectivity index (χ3v) is 3.52. The average molecular weight is 408 g/mol. The van der Waals surface area contributed by atoms with Crippen molar-refractivity contribution in [3.05, 3.63) is 31.9 Å². The van der Waals surface area contributed by atoms with Crippen LogP contribution in [0.2, 0.25) is 0 Å². The SMILES string of the molecule is COCCN(CCC(=O)OC)c1ccc(I)cc1[N+](=O)[O-]. The molecule has 0 amide bonds. The first kappa shape index (κ1) is 17.6. The number of nitrogens with zero attached hydrogens (tertiary/aromatic N) is 2. The summed E-state index contributed by atoms with van der Waals surface area (Å²) in [5, 5.41) is 11.2. The van der Waals surface area contributed by atoms with Crippen LogP contribution in [0.3, 0.4) is 0 Å². The molecular formula is C13H17IN2O5. The normalized spacial score (nSPS) is 10.2. The van der Waals surface area contributed by atoms with Crippen molar-refractivity contribution < 1.29 is 19.2 Å². The monoisotopic (exact) mass is 408 g/mol. The number of nitro groups is 1. The Morgan fingerprint density at radius 1 is 1.38 bits per heavy atom. The second kappa shape index (κ2) is 8.78. The van der Waals surface area contributed by atoms with Gasteiger partial charge in [-0.15, -0.1) is 0 Å². The average Bonchev–Trinajstić information content (AvgIpc) is 2.47. The number of esters is 1. The number of anilines is 1. The Labute approximate surface area is 136 Å². The summed E-state index contributed by atoms with van der Waals surface area (Å²) in [6.07, 6.45) is 0.156. The van der Waals surface area contributed by atoms with Gasteiger partial charge in [-0.2, -0.15) is 0 Å². The van der Waals surface area contributed by atoms with E-state index in [-0.39, 0.29) is 18.1 Å². The first-order valence-corrected chi connectivity index (χ1v) is 7.32. The molecule has 0 saturated carbocycles. The van der Waals surface area contributed by atoms with Crippen molar-refractivity contribution in [1.82, 2.24) is 0 Å². The largest absolute Gasteiger partial charge is 0.469 e. The molecule has 1 aromatic rings. The van der Waals surface area contributed by atoms with E-state index in [1.807, 2.05) is 22.6 Å². The highest BCUT2D eigenvalue weighted by Crippen LogP contribution is 2.30. The zero-order valence-electron chi connectivity index (χ0n) is 11.9. The molecule has 21 heavy (non-hydrogen) atoms. The lowest BCUT2D eigenvalue weighted by Crippen LogP contribution is -2.30. The third-order valence-electron chi connectivity index (χ3n) is 2.85. The van der Waals surface area contributed by atoms with Gasteiger partial charge in [-0.3, -0.25) is 14.9 Å². The maximum Gasteiger partial charge on any atom is 0.307 e. The second-order valence-corrected chi connectivity index (χ2v) is 5.44. The second-order valence-electron chi connectivity index (χ2n) is 4.20. The lowest BCUT2D eigenvalue weighted by molar-refractivity contribution is -0.384. The molecule has 7 nitrogen and oxygen atoms in total. The predicted octanol–water partition coefficient (Wildman–Crippen LogP) is 2.22. The first-order valence-electron chi connectivity index (χ1n) is 6.24. The number of hydrogen-bond acceptors (Lipinski definition) is 6. The summed E-state index contributed by atoms with van der Waals surface area (Å²) in [7, 11) is 2.87. The van der Waals surface area contributed by atoms with E-state index in [2.05, 4.69) is 4.74 Å². The van der Waals surface area contributed by atoms with Gasteiger partial charge >= 0.3 is 5.97 Å². The van der Waals surface area contributed by atoms with Crippen LogP contribution >= 0.6 is 22.6 Å². The number of methoxy groups -OCH3 is 2. The van der Waals surface area contributed by atoms with Gasteiger partial charge in [0, 0.05) is 29.8 Å². The summed E-state index contributed by atoms with van der Waals surface area (Å²) in [6, 6.07) is 4.99. The highest BCUT2D eigenvalue weighted by Gasteiger charge is 2.20. The van der Waals surface area contributed by atoms with Crippen molar-refractivity contribution in [3.8, 4) is 0 Å². The molecule has 0 saturated heterocycles. The van der Waals surface area contributed by atoms with Gasteiger partial charge < -0.3 is 14.4 Å². The Hall–Kier alpha value is -1.42. The fourth-order valence-corrected chi connectivity index (χ4v) is 2.27. The predicted molar refractivity (Wildman–Crippen MR) is 86.5 cm³/mol. The molecule has 0 spiro atoms. The molecule has 1 rings (SSSR count). The van der Waals surface area contributed by atoms with E-state index in [1.165, 1.54) is 13.2 Å². The van der Waals surface area contributed by atoms with Gasteiger partial charge in [0.15, 0.2) is 0 Å². The summed E-state index contributed by atoms with van der Waals surface area (Å²) in [5.74, 6) is -0.356. The quantitative estimate of drug-likeness (QED) is 0.284. The summed E-state index contributed by atoms with van der Waals surface area (Å²) in [5.41, 5.74) is 0.490. The molecule has 0 fully saturated rings. The third kappa shape index (κ3) is 5.46. The van der Waals surface area contributed by atoms with Crippen molar-refractivity contribution >= 4 is 39.9 Å². The van der Waals surface area contributed by atoms with E-state index >= 15 is 0 Å². The van der Waals surface area contributed by atoms with Crippen LogP contribution < -0.4 is 4.90 Å². The first-order chi connectivity index (χ1) is 9.99. The lowest BCUT2D eigenvalue weighted by Gasteiger charge is -2.23. The molecule has 116 valence electrons. The van der Waals surface area contributed by atoms with Crippen LogP contribution in [-0.2, 0) is 14.3 Å². The summed E-state index contributed by atoms with van der Waals surface area (Å²) in [4.78, 5) is 23.8. The molecule has 0 aliphatic heterocycles. The van der Waals surface area contributed by atoms with Crippen molar-refractivity contribution in [1.29, 1.82) is 0 Å². The van der Waals surface area contributed by atoms with Gasteiger partial charge in [0.25, 0.3) is 5.69 Å². The Morgan fingerprint density at radius 3 is 2.67 bits per heavy atom. The molecule has 8 heteroatoms. The summed E-state index contributed by atoms with van der Waals surface area (Å²) < 4.78 is 10.4. The van der Waals surface area contributed by atoms with E-state index in [0.717, 1.165) is 3.57 Å². The molecule has 0 radical (unpaired) electrons. The zero-order valence-corrected chi connectivity index (χ0v) is 14.0. The molecule has 0 aromatic heterocycles. The topological polar surface area (TPSA) is 81.9 Å². The van der Waals surface area contributed by atoms with Crippen LogP contribution in [0, 0.1) is 13.7 Å². The van der Waals surface area contributed by atoms with Gasteiger partial charge in [0.1, 0.15) is 5.69 Å². The van der Waals surface area contributed by atoms with E-state index < -0.39 is 4.92 Å². The van der Waals surface area contributed by atoms with Crippen LogP contribution in [0.4, 0.5) is 11.4 Å². The molecule has 1 aromatic carbocycles. The Kier molecular flexibility index (Phi) is 7.37. The number of carbonyl (C=O) groups excluding carboxylic acids is 1. The molecule has 0 N–H and O–H groups in total. The molecule has 0 aliphatic carbocycles. The Morgan fingerprint density at radius 2 is 2.10 bits per heavy atom. The fourth-order valence-electron chi connectivity index (χ4n) is 1.79. The number of nitro benzene ring substituents is 1. The number of rotatable bonds is 8. The molecule has 0 unspecified atom stereocenters. The minimum atomic E-state index is -0.421. The summed E-state index contributed by atoms with van der Waals surface area (Å²) in [6.45, 7) is 1.19. The van der Waals surface area contributed by atoms with Crippen molar-refractivity contribution in [2.45, 2.75) is 6.42 Å². The van der Waals surface area contributed by atoms with Gasteiger partial charge in [0.05, 0.1) is 25.1 Å². The molecule has 0 aliphatic rings. The maximum absolute atomic E-state index is 11.3. The highest BCUT2D eigenvalue weighted by atomic mass is 127. The number of carbonyl (C=O) groups is 1. The van der Waals surface area contributed by atoms with E-state index in [1.54, 1.807) is 24.1 Å². The van der Waals surface area contributed by atoms with Gasteiger partial charge in [-0.05, 0) is 34.7 Å². The Bertz CT molecular complexity index is 509. The number of hydrogen-bond donors (Lipinski definition) is 0. The number of benzene rings is 1. The molecule has 0 atom stereocenters. The Balaban J connectivity index is 3.01. The minimum Gasteiger partial charge on any atom is -0.469 e. The number of halogens is 1. The number of ether oxygens (including phenoxy) is 2. The van der Waals surface area contributed by atoms with Crippen molar-refractivity contribution in [2.75, 3.05) is 38.8 Å². The van der Waals surface area contributed by atoms with Crippen LogP contribution in [0.1, 0.15) is 6.42 Å².